The summed E-state index contributed by atoms with van der Waals surface area (Å²) < 4.78 is 0. The molecule has 2 aromatic carbocycles. The number of thioether (sulfide) groups is 1. The fourth-order valence-corrected chi connectivity index (χ4v) is 2.54. The van der Waals surface area contributed by atoms with Crippen molar-refractivity contribution in [2.24, 2.45) is 0 Å². The van der Waals surface area contributed by atoms with Crippen molar-refractivity contribution in [1.82, 2.24) is 9.97 Å². The normalized spacial score (nSPS) is 10.7. The molecule has 5 heteroatoms. The van der Waals surface area contributed by atoms with Crippen molar-refractivity contribution in [2.75, 3.05) is 6.26 Å². The van der Waals surface area contributed by atoms with Crippen LogP contribution >= 0.6 is 11.8 Å². The number of carbonyl (C=O) groups is 1. The SMILES string of the molecule is CSc1ncc(-c2ccc3ccccc3c2)c(C(=O)O)n1. The largest absolute Gasteiger partial charge is 0.476 e. The molecule has 1 heterocycles. The fourth-order valence-electron chi connectivity index (χ4n) is 2.20. The van der Waals surface area contributed by atoms with Crippen LogP contribution in [-0.4, -0.2) is 27.3 Å². The molecule has 4 nitrogen and oxygen atoms in total. The Labute approximate surface area is 125 Å². The summed E-state index contributed by atoms with van der Waals surface area (Å²) in [5.74, 6) is -1.05. The van der Waals surface area contributed by atoms with E-state index < -0.39 is 5.97 Å². The molecule has 104 valence electrons. The van der Waals surface area contributed by atoms with Crippen LogP contribution in [0.2, 0.25) is 0 Å². The number of hydrogen-bond donors (Lipinski definition) is 1. The van der Waals surface area contributed by atoms with Gasteiger partial charge in [0.15, 0.2) is 10.9 Å². The number of aromatic nitrogens is 2. The van der Waals surface area contributed by atoms with Crippen molar-refractivity contribution >= 4 is 28.5 Å². The molecule has 0 radical (unpaired) electrons. The third-order valence-electron chi connectivity index (χ3n) is 3.21. The van der Waals surface area contributed by atoms with Gasteiger partial charge in [-0.3, -0.25) is 0 Å². The first-order chi connectivity index (χ1) is 10.2. The van der Waals surface area contributed by atoms with Gasteiger partial charge in [0.1, 0.15) is 0 Å². The molecular weight excluding hydrogens is 284 g/mol. The lowest BCUT2D eigenvalue weighted by molar-refractivity contribution is 0.0690. The van der Waals surface area contributed by atoms with E-state index >= 15 is 0 Å². The maximum Gasteiger partial charge on any atom is 0.355 e. The number of hydrogen-bond acceptors (Lipinski definition) is 4. The molecule has 0 bridgehead atoms. The molecule has 0 aliphatic carbocycles. The average Bonchev–Trinajstić information content (AvgIpc) is 2.53. The highest BCUT2D eigenvalue weighted by molar-refractivity contribution is 7.98. The second kappa shape index (κ2) is 5.54. The Hall–Kier alpha value is -2.40. The molecule has 0 aliphatic heterocycles. The molecule has 0 atom stereocenters. The summed E-state index contributed by atoms with van der Waals surface area (Å²) in [6.07, 6.45) is 3.39. The van der Waals surface area contributed by atoms with Gasteiger partial charge in [0.05, 0.1) is 0 Å². The molecular formula is C16H12N2O2S. The Morgan fingerprint density at radius 2 is 1.90 bits per heavy atom. The molecule has 21 heavy (non-hydrogen) atoms. The highest BCUT2D eigenvalue weighted by Gasteiger charge is 2.15. The van der Waals surface area contributed by atoms with Crippen LogP contribution in [-0.2, 0) is 0 Å². The Bertz CT molecular complexity index is 833. The van der Waals surface area contributed by atoms with Crippen LogP contribution in [0, 0.1) is 0 Å². The van der Waals surface area contributed by atoms with E-state index in [1.165, 1.54) is 11.8 Å². The number of rotatable bonds is 3. The van der Waals surface area contributed by atoms with Gasteiger partial charge in [-0.2, -0.15) is 0 Å². The number of nitrogens with zero attached hydrogens (tertiary/aromatic N) is 2. The number of fused-ring (bicyclic) bond motifs is 1. The van der Waals surface area contributed by atoms with Gasteiger partial charge >= 0.3 is 5.97 Å². The van der Waals surface area contributed by atoms with Crippen molar-refractivity contribution in [3.8, 4) is 11.1 Å². The standard InChI is InChI=1S/C16H12N2O2S/c1-21-16-17-9-13(14(18-16)15(19)20)12-7-6-10-4-2-3-5-11(10)8-12/h2-9H,1H3,(H,19,20). The Morgan fingerprint density at radius 1 is 1.14 bits per heavy atom. The van der Waals surface area contributed by atoms with Gasteiger partial charge < -0.3 is 5.11 Å². The van der Waals surface area contributed by atoms with Crippen molar-refractivity contribution in [1.29, 1.82) is 0 Å². The molecule has 0 spiro atoms. The first-order valence-electron chi connectivity index (χ1n) is 6.32. The maximum atomic E-state index is 11.4. The predicted molar refractivity (Wildman–Crippen MR) is 83.7 cm³/mol. The molecule has 0 saturated heterocycles. The molecule has 1 aromatic heterocycles. The minimum atomic E-state index is -1.05. The minimum Gasteiger partial charge on any atom is -0.476 e. The first kappa shape index (κ1) is 13.6. The zero-order valence-corrected chi connectivity index (χ0v) is 12.1. The molecule has 0 unspecified atom stereocenters. The lowest BCUT2D eigenvalue weighted by atomic mass is 10.0. The number of aromatic carboxylic acids is 1. The highest BCUT2D eigenvalue weighted by Crippen LogP contribution is 2.27. The Morgan fingerprint density at radius 3 is 2.62 bits per heavy atom. The molecule has 3 aromatic rings. The van der Waals surface area contributed by atoms with Gasteiger partial charge in [-0.05, 0) is 28.7 Å². The smallest absolute Gasteiger partial charge is 0.355 e. The molecule has 1 N–H and O–H groups in total. The van der Waals surface area contributed by atoms with E-state index in [1.807, 2.05) is 48.7 Å². The zero-order valence-electron chi connectivity index (χ0n) is 11.3. The van der Waals surface area contributed by atoms with Crippen molar-refractivity contribution in [2.45, 2.75) is 5.16 Å². The first-order valence-corrected chi connectivity index (χ1v) is 7.55. The van der Waals surface area contributed by atoms with Crippen LogP contribution in [0.5, 0.6) is 0 Å². The Kier molecular flexibility index (Phi) is 3.58. The topological polar surface area (TPSA) is 63.1 Å². The van der Waals surface area contributed by atoms with Crippen molar-refractivity contribution < 1.29 is 9.90 Å². The van der Waals surface area contributed by atoms with Crippen LogP contribution in [0.25, 0.3) is 21.9 Å². The van der Waals surface area contributed by atoms with E-state index in [1.54, 1.807) is 6.20 Å². The van der Waals surface area contributed by atoms with E-state index in [0.29, 0.717) is 10.7 Å². The van der Waals surface area contributed by atoms with Gasteiger partial charge in [0.2, 0.25) is 0 Å². The molecule has 3 rings (SSSR count). The summed E-state index contributed by atoms with van der Waals surface area (Å²) in [7, 11) is 0. The quantitative estimate of drug-likeness (QED) is 0.589. The number of benzene rings is 2. The summed E-state index contributed by atoms with van der Waals surface area (Å²) >= 11 is 1.32. The van der Waals surface area contributed by atoms with Crippen LogP contribution in [0.1, 0.15) is 10.5 Å². The van der Waals surface area contributed by atoms with Gasteiger partial charge in [0.25, 0.3) is 0 Å². The predicted octanol–water partition coefficient (Wildman–Crippen LogP) is 3.72. The number of carboxylic acid groups (broad SMARTS) is 1. The summed E-state index contributed by atoms with van der Waals surface area (Å²) in [6.45, 7) is 0. The second-order valence-electron chi connectivity index (χ2n) is 4.49. The third kappa shape index (κ3) is 2.60. The minimum absolute atomic E-state index is 0.0321. The van der Waals surface area contributed by atoms with Crippen LogP contribution in [0.3, 0.4) is 0 Å². The van der Waals surface area contributed by atoms with Crippen LogP contribution < -0.4 is 0 Å². The lowest BCUT2D eigenvalue weighted by Crippen LogP contribution is -2.05. The molecule has 0 aliphatic rings. The van der Waals surface area contributed by atoms with Gasteiger partial charge in [-0.25, -0.2) is 14.8 Å². The summed E-state index contributed by atoms with van der Waals surface area (Å²) in [5, 5.41) is 12.0. The lowest BCUT2D eigenvalue weighted by Gasteiger charge is -2.07. The second-order valence-corrected chi connectivity index (χ2v) is 5.26. The van der Waals surface area contributed by atoms with E-state index in [0.717, 1.165) is 16.3 Å². The van der Waals surface area contributed by atoms with Gasteiger partial charge in [0, 0.05) is 11.8 Å². The highest BCUT2D eigenvalue weighted by atomic mass is 32.2. The van der Waals surface area contributed by atoms with Crippen LogP contribution in [0.15, 0.2) is 53.8 Å². The van der Waals surface area contributed by atoms with E-state index in [2.05, 4.69) is 9.97 Å². The maximum absolute atomic E-state index is 11.4. The van der Waals surface area contributed by atoms with E-state index in [-0.39, 0.29) is 5.69 Å². The van der Waals surface area contributed by atoms with Crippen LogP contribution in [0.4, 0.5) is 0 Å². The van der Waals surface area contributed by atoms with Crippen molar-refractivity contribution in [3.63, 3.8) is 0 Å². The molecule has 0 saturated carbocycles. The zero-order chi connectivity index (χ0) is 14.8. The summed E-state index contributed by atoms with van der Waals surface area (Å²) in [6, 6.07) is 13.8. The fraction of sp³-hybridized carbons (Fsp3) is 0.0625. The molecule has 0 amide bonds. The monoisotopic (exact) mass is 296 g/mol. The summed E-state index contributed by atoms with van der Waals surface area (Å²) in [5.41, 5.74) is 1.37. The van der Waals surface area contributed by atoms with Gasteiger partial charge in [-0.15, -0.1) is 0 Å². The summed E-state index contributed by atoms with van der Waals surface area (Å²) in [4.78, 5) is 19.7. The van der Waals surface area contributed by atoms with Crippen molar-refractivity contribution in [3.05, 3.63) is 54.4 Å². The average molecular weight is 296 g/mol. The van der Waals surface area contributed by atoms with E-state index in [9.17, 15) is 9.90 Å². The number of carboxylic acids is 1. The third-order valence-corrected chi connectivity index (χ3v) is 3.77. The Balaban J connectivity index is 2.19. The molecule has 0 fully saturated rings. The van der Waals surface area contributed by atoms with Gasteiger partial charge in [-0.1, -0.05) is 48.2 Å². The van der Waals surface area contributed by atoms with E-state index in [4.69, 9.17) is 0 Å².